The van der Waals surface area contributed by atoms with Crippen molar-refractivity contribution in [3.8, 4) is 0 Å². The number of amides is 1. The van der Waals surface area contributed by atoms with Gasteiger partial charge in [-0.1, -0.05) is 26.7 Å². The van der Waals surface area contributed by atoms with E-state index < -0.39 is 5.60 Å². The van der Waals surface area contributed by atoms with Crippen molar-refractivity contribution in [3.63, 3.8) is 0 Å². The van der Waals surface area contributed by atoms with E-state index in [1.54, 1.807) is 14.2 Å². The summed E-state index contributed by atoms with van der Waals surface area (Å²) >= 11 is 0. The Bertz CT molecular complexity index is 501. The Morgan fingerprint density at radius 2 is 1.79 bits per heavy atom. The monoisotopic (exact) mass is 526 g/mol. The summed E-state index contributed by atoms with van der Waals surface area (Å²) in [4.78, 5) is 16.5. The van der Waals surface area contributed by atoms with Crippen molar-refractivity contribution in [2.45, 2.75) is 78.4 Å². The van der Waals surface area contributed by atoms with E-state index in [0.717, 1.165) is 25.5 Å². The highest BCUT2D eigenvalue weighted by Gasteiger charge is 2.33. The van der Waals surface area contributed by atoms with Gasteiger partial charge < -0.3 is 25.4 Å². The summed E-state index contributed by atoms with van der Waals surface area (Å²) in [5, 5.41) is 9.80. The lowest BCUT2D eigenvalue weighted by Crippen LogP contribution is -2.51. The third-order valence-electron chi connectivity index (χ3n) is 5.35. The average Bonchev–Trinajstić information content (AvgIpc) is 3.06. The van der Waals surface area contributed by atoms with E-state index in [2.05, 4.69) is 34.8 Å². The molecule has 0 aromatic rings. The molecule has 7 nitrogen and oxygen atoms in total. The summed E-state index contributed by atoms with van der Waals surface area (Å²) in [7, 11) is 3.54. The SMILES string of the molecule is CN=C(NCC(NC(=O)OC(C)(C)C)C(C)C)NCC1(CCOC)CCCC1.I. The maximum Gasteiger partial charge on any atom is 0.407 e. The quantitative estimate of drug-likeness (QED) is 0.241. The fourth-order valence-corrected chi connectivity index (χ4v) is 3.57. The van der Waals surface area contributed by atoms with Crippen LogP contribution in [0.5, 0.6) is 0 Å². The van der Waals surface area contributed by atoms with Gasteiger partial charge in [0.2, 0.25) is 0 Å². The molecule has 1 fully saturated rings. The number of carbonyl (C=O) groups is 1. The second-order valence-corrected chi connectivity index (χ2v) is 9.25. The topological polar surface area (TPSA) is 84.0 Å². The number of alkyl carbamates (subject to hydrolysis) is 1. The molecule has 172 valence electrons. The molecule has 1 atom stereocenters. The maximum absolute atomic E-state index is 12.1. The largest absolute Gasteiger partial charge is 0.444 e. The molecule has 0 aliphatic heterocycles. The molecular weight excluding hydrogens is 483 g/mol. The maximum atomic E-state index is 12.1. The van der Waals surface area contributed by atoms with Crippen molar-refractivity contribution in [2.24, 2.45) is 16.3 Å². The van der Waals surface area contributed by atoms with E-state index in [1.165, 1.54) is 25.7 Å². The van der Waals surface area contributed by atoms with Gasteiger partial charge in [0.25, 0.3) is 0 Å². The zero-order valence-electron chi connectivity index (χ0n) is 19.4. The molecule has 8 heteroatoms. The molecule has 1 rings (SSSR count). The Morgan fingerprint density at radius 3 is 2.28 bits per heavy atom. The molecule has 29 heavy (non-hydrogen) atoms. The van der Waals surface area contributed by atoms with Crippen molar-refractivity contribution in [1.29, 1.82) is 0 Å². The number of hydrogen-bond donors (Lipinski definition) is 3. The van der Waals surface area contributed by atoms with Crippen LogP contribution in [0.2, 0.25) is 0 Å². The van der Waals surface area contributed by atoms with Crippen LogP contribution in [0.4, 0.5) is 4.79 Å². The summed E-state index contributed by atoms with van der Waals surface area (Å²) in [5.74, 6) is 1.03. The number of methoxy groups -OCH3 is 1. The van der Waals surface area contributed by atoms with Crippen LogP contribution in [0.3, 0.4) is 0 Å². The van der Waals surface area contributed by atoms with E-state index in [1.807, 2.05) is 20.8 Å². The van der Waals surface area contributed by atoms with Gasteiger partial charge in [-0.15, -0.1) is 24.0 Å². The zero-order valence-corrected chi connectivity index (χ0v) is 21.7. The van der Waals surface area contributed by atoms with Gasteiger partial charge in [-0.25, -0.2) is 4.79 Å². The Morgan fingerprint density at radius 1 is 1.17 bits per heavy atom. The van der Waals surface area contributed by atoms with E-state index in [-0.39, 0.29) is 42.0 Å². The smallest absolute Gasteiger partial charge is 0.407 e. The van der Waals surface area contributed by atoms with Gasteiger partial charge in [0, 0.05) is 33.9 Å². The number of hydrogen-bond acceptors (Lipinski definition) is 4. The lowest BCUT2D eigenvalue weighted by Gasteiger charge is -2.30. The van der Waals surface area contributed by atoms with Gasteiger partial charge in [0.15, 0.2) is 5.96 Å². The van der Waals surface area contributed by atoms with Crippen molar-refractivity contribution in [3.05, 3.63) is 0 Å². The molecule has 0 spiro atoms. The molecule has 1 amide bonds. The summed E-state index contributed by atoms with van der Waals surface area (Å²) in [5.41, 5.74) is -0.214. The number of carbonyl (C=O) groups excluding carboxylic acids is 1. The van der Waals surface area contributed by atoms with Crippen molar-refractivity contribution >= 4 is 36.0 Å². The van der Waals surface area contributed by atoms with E-state index in [0.29, 0.717) is 12.0 Å². The van der Waals surface area contributed by atoms with Gasteiger partial charge >= 0.3 is 6.09 Å². The minimum absolute atomic E-state index is 0. The normalized spacial score (nSPS) is 17.4. The predicted octanol–water partition coefficient (Wildman–Crippen LogP) is 3.92. The molecule has 3 N–H and O–H groups in total. The third kappa shape index (κ3) is 11.3. The minimum atomic E-state index is -0.506. The van der Waals surface area contributed by atoms with Gasteiger partial charge in [-0.05, 0) is 51.4 Å². The lowest BCUT2D eigenvalue weighted by molar-refractivity contribution is 0.0491. The summed E-state index contributed by atoms with van der Waals surface area (Å²) in [6.45, 7) is 12.0. The van der Waals surface area contributed by atoms with Gasteiger partial charge in [-0.2, -0.15) is 0 Å². The Hall–Kier alpha value is -0.770. The zero-order chi connectivity index (χ0) is 21.2. The first kappa shape index (κ1) is 28.2. The van der Waals surface area contributed by atoms with Crippen LogP contribution in [0.15, 0.2) is 4.99 Å². The number of halogens is 1. The van der Waals surface area contributed by atoms with Crippen LogP contribution in [0.1, 0.15) is 66.7 Å². The molecule has 0 aromatic heterocycles. The van der Waals surface area contributed by atoms with Crippen LogP contribution in [0, 0.1) is 11.3 Å². The summed E-state index contributed by atoms with van der Waals surface area (Å²) in [6.07, 6.45) is 5.71. The van der Waals surface area contributed by atoms with Crippen LogP contribution in [-0.2, 0) is 9.47 Å². The average molecular weight is 527 g/mol. The van der Waals surface area contributed by atoms with Crippen LogP contribution >= 0.6 is 24.0 Å². The Balaban J connectivity index is 0.00000784. The number of nitrogens with one attached hydrogen (secondary N) is 3. The molecule has 1 unspecified atom stereocenters. The molecule has 1 aliphatic rings. The van der Waals surface area contributed by atoms with Crippen molar-refractivity contribution < 1.29 is 14.3 Å². The summed E-state index contributed by atoms with van der Waals surface area (Å²) < 4.78 is 10.7. The van der Waals surface area contributed by atoms with Gasteiger partial charge in [-0.3, -0.25) is 4.99 Å². The minimum Gasteiger partial charge on any atom is -0.444 e. The number of nitrogens with zero attached hydrogens (tertiary/aromatic N) is 1. The Kier molecular flexibility index (Phi) is 13.2. The number of aliphatic imine (C=N–C) groups is 1. The first-order chi connectivity index (χ1) is 13.1. The first-order valence-corrected chi connectivity index (χ1v) is 10.5. The van der Waals surface area contributed by atoms with E-state index in [9.17, 15) is 4.79 Å². The van der Waals surface area contributed by atoms with Crippen molar-refractivity contribution in [2.75, 3.05) is 33.9 Å². The second-order valence-electron chi connectivity index (χ2n) is 9.25. The van der Waals surface area contributed by atoms with Crippen LogP contribution in [-0.4, -0.2) is 57.5 Å². The molecular formula is C21H43IN4O3. The fraction of sp³-hybridized carbons (Fsp3) is 0.905. The molecule has 0 saturated heterocycles. The van der Waals surface area contributed by atoms with Crippen LogP contribution < -0.4 is 16.0 Å². The molecule has 0 bridgehead atoms. The van der Waals surface area contributed by atoms with Gasteiger partial charge in [0.1, 0.15) is 5.60 Å². The molecule has 1 saturated carbocycles. The van der Waals surface area contributed by atoms with Gasteiger partial charge in [0.05, 0.1) is 6.04 Å². The Labute approximate surface area is 194 Å². The number of rotatable bonds is 9. The number of guanidine groups is 1. The van der Waals surface area contributed by atoms with E-state index in [4.69, 9.17) is 9.47 Å². The summed E-state index contributed by atoms with van der Waals surface area (Å²) in [6, 6.07) is -0.0534. The highest BCUT2D eigenvalue weighted by Crippen LogP contribution is 2.40. The fourth-order valence-electron chi connectivity index (χ4n) is 3.57. The lowest BCUT2D eigenvalue weighted by atomic mass is 9.83. The molecule has 1 aliphatic carbocycles. The molecule has 0 heterocycles. The van der Waals surface area contributed by atoms with Crippen LogP contribution in [0.25, 0.3) is 0 Å². The van der Waals surface area contributed by atoms with E-state index >= 15 is 0 Å². The molecule has 0 radical (unpaired) electrons. The standard InChI is InChI=1S/C21H42N4O3.HI/c1-16(2)17(25-19(26)28-20(3,4)5)14-23-18(22-6)24-15-21(12-13-27-7)10-8-9-11-21;/h16-17H,8-15H2,1-7H3,(H,25,26)(H2,22,23,24);1H. The highest BCUT2D eigenvalue weighted by atomic mass is 127. The third-order valence-corrected chi connectivity index (χ3v) is 5.35. The second kappa shape index (κ2) is 13.5. The number of ether oxygens (including phenoxy) is 2. The predicted molar refractivity (Wildman–Crippen MR) is 130 cm³/mol. The highest BCUT2D eigenvalue weighted by molar-refractivity contribution is 14.0. The van der Waals surface area contributed by atoms with Crippen molar-refractivity contribution in [1.82, 2.24) is 16.0 Å². The first-order valence-electron chi connectivity index (χ1n) is 10.5. The molecule has 0 aromatic carbocycles.